The average molecular weight is 440 g/mol. The van der Waals surface area contributed by atoms with Crippen molar-refractivity contribution in [3.05, 3.63) is 64.7 Å². The fourth-order valence-corrected chi connectivity index (χ4v) is 3.86. The van der Waals surface area contributed by atoms with Crippen molar-refractivity contribution in [1.29, 1.82) is 0 Å². The summed E-state index contributed by atoms with van der Waals surface area (Å²) < 4.78 is 10.9. The Kier molecular flexibility index (Phi) is 7.20. The van der Waals surface area contributed by atoms with Gasteiger partial charge in [-0.2, -0.15) is 0 Å². The van der Waals surface area contributed by atoms with Gasteiger partial charge in [0.25, 0.3) is 11.7 Å². The monoisotopic (exact) mass is 439 g/mol. The van der Waals surface area contributed by atoms with Gasteiger partial charge in [-0.3, -0.25) is 9.59 Å². The maximum Gasteiger partial charge on any atom is 0.295 e. The minimum Gasteiger partial charge on any atom is -0.508 e. The second-order valence-corrected chi connectivity index (χ2v) is 8.06. The van der Waals surface area contributed by atoms with Crippen molar-refractivity contribution >= 4 is 17.4 Å². The van der Waals surface area contributed by atoms with Gasteiger partial charge < -0.3 is 24.6 Å². The van der Waals surface area contributed by atoms with Crippen molar-refractivity contribution in [3.8, 4) is 11.5 Å². The average Bonchev–Trinajstić information content (AvgIpc) is 3.01. The fraction of sp³-hybridized carbons (Fsp3) is 0.360. The van der Waals surface area contributed by atoms with Crippen LogP contribution in [0.15, 0.2) is 48.0 Å². The number of aryl methyl sites for hydroxylation is 1. The van der Waals surface area contributed by atoms with Crippen LogP contribution in [0.25, 0.3) is 5.76 Å². The van der Waals surface area contributed by atoms with E-state index in [2.05, 4.69) is 0 Å². The van der Waals surface area contributed by atoms with Gasteiger partial charge in [-0.15, -0.1) is 0 Å². The number of nitrogens with zero attached hydrogens (tertiary/aromatic N) is 1. The van der Waals surface area contributed by atoms with Gasteiger partial charge >= 0.3 is 0 Å². The van der Waals surface area contributed by atoms with Crippen LogP contribution in [0.1, 0.15) is 43.0 Å². The minimum atomic E-state index is -0.841. The van der Waals surface area contributed by atoms with Gasteiger partial charge in [0.1, 0.15) is 17.3 Å². The van der Waals surface area contributed by atoms with Crippen molar-refractivity contribution in [2.45, 2.75) is 39.3 Å². The fourth-order valence-electron chi connectivity index (χ4n) is 3.86. The van der Waals surface area contributed by atoms with Gasteiger partial charge in [-0.1, -0.05) is 23.8 Å². The van der Waals surface area contributed by atoms with E-state index in [9.17, 15) is 19.8 Å². The Morgan fingerprint density at radius 3 is 2.56 bits per heavy atom. The van der Waals surface area contributed by atoms with Crippen molar-refractivity contribution in [2.75, 3.05) is 20.3 Å². The minimum absolute atomic E-state index is 0.00404. The largest absolute Gasteiger partial charge is 0.508 e. The Morgan fingerprint density at radius 1 is 1.16 bits per heavy atom. The molecule has 32 heavy (non-hydrogen) atoms. The summed E-state index contributed by atoms with van der Waals surface area (Å²) in [6.07, 6.45) is 0.579. The first-order valence-electron chi connectivity index (χ1n) is 10.6. The maximum atomic E-state index is 13.1. The smallest absolute Gasteiger partial charge is 0.295 e. The Labute approximate surface area is 187 Å². The lowest BCUT2D eigenvalue weighted by atomic mass is 9.94. The van der Waals surface area contributed by atoms with Gasteiger partial charge in [0.05, 0.1) is 30.4 Å². The number of aromatic hydroxyl groups is 1. The lowest BCUT2D eigenvalue weighted by Crippen LogP contribution is -2.31. The van der Waals surface area contributed by atoms with Crippen molar-refractivity contribution in [1.82, 2.24) is 4.90 Å². The van der Waals surface area contributed by atoms with Crippen LogP contribution in [0.3, 0.4) is 0 Å². The molecule has 1 fully saturated rings. The number of aliphatic hydroxyl groups is 1. The number of rotatable bonds is 8. The van der Waals surface area contributed by atoms with Crippen molar-refractivity contribution in [2.24, 2.45) is 0 Å². The highest BCUT2D eigenvalue weighted by Gasteiger charge is 2.46. The van der Waals surface area contributed by atoms with Crippen LogP contribution < -0.4 is 4.74 Å². The van der Waals surface area contributed by atoms with Gasteiger partial charge in [0.15, 0.2) is 0 Å². The van der Waals surface area contributed by atoms with Gasteiger partial charge in [0, 0.05) is 13.2 Å². The molecule has 0 bridgehead atoms. The summed E-state index contributed by atoms with van der Waals surface area (Å²) in [6, 6.07) is 10.8. The van der Waals surface area contributed by atoms with Crippen LogP contribution in [0.5, 0.6) is 11.5 Å². The summed E-state index contributed by atoms with van der Waals surface area (Å²) in [5.41, 5.74) is 1.69. The molecule has 0 spiro atoms. The van der Waals surface area contributed by atoms with E-state index in [-0.39, 0.29) is 29.7 Å². The third-order valence-electron chi connectivity index (χ3n) is 5.33. The van der Waals surface area contributed by atoms with E-state index in [0.29, 0.717) is 29.9 Å². The molecule has 2 N–H and O–H groups in total. The number of benzene rings is 2. The number of ketones is 1. The highest BCUT2D eigenvalue weighted by Crippen LogP contribution is 2.41. The zero-order valence-corrected chi connectivity index (χ0v) is 18.8. The number of carbonyl (C=O) groups is 2. The van der Waals surface area contributed by atoms with E-state index in [1.54, 1.807) is 24.3 Å². The van der Waals surface area contributed by atoms with Gasteiger partial charge in [0.2, 0.25) is 0 Å². The number of hydrogen-bond donors (Lipinski definition) is 2. The number of ether oxygens (including phenoxy) is 2. The number of carbonyl (C=O) groups excluding carboxylic acids is 2. The van der Waals surface area contributed by atoms with Crippen molar-refractivity contribution < 1.29 is 29.3 Å². The van der Waals surface area contributed by atoms with E-state index in [0.717, 1.165) is 5.56 Å². The molecule has 0 radical (unpaired) electrons. The topological polar surface area (TPSA) is 96.3 Å². The third-order valence-corrected chi connectivity index (χ3v) is 5.33. The van der Waals surface area contributed by atoms with Crippen LogP contribution >= 0.6 is 0 Å². The zero-order chi connectivity index (χ0) is 23.4. The molecular weight excluding hydrogens is 410 g/mol. The molecule has 1 aliphatic rings. The molecule has 7 nitrogen and oxygen atoms in total. The number of phenols is 1. The SMILES string of the molecule is COc1ccc(C)cc1/C(O)=C1\C(=O)C(=O)N(CCCOC(C)C)C1c1cccc(O)c1. The number of aliphatic hydroxyl groups excluding tert-OH is 1. The van der Waals surface area contributed by atoms with E-state index in [1.807, 2.05) is 26.8 Å². The molecule has 0 saturated carbocycles. The molecule has 1 saturated heterocycles. The van der Waals surface area contributed by atoms with E-state index in [4.69, 9.17) is 9.47 Å². The third kappa shape index (κ3) is 4.78. The predicted octanol–water partition coefficient (Wildman–Crippen LogP) is 3.95. The van der Waals surface area contributed by atoms with Crippen LogP contribution in [-0.4, -0.2) is 53.2 Å². The van der Waals surface area contributed by atoms with Gasteiger partial charge in [-0.05, 0) is 57.0 Å². The summed E-state index contributed by atoms with van der Waals surface area (Å²) >= 11 is 0. The lowest BCUT2D eigenvalue weighted by molar-refractivity contribution is -0.140. The summed E-state index contributed by atoms with van der Waals surface area (Å²) in [7, 11) is 1.47. The number of hydrogen-bond acceptors (Lipinski definition) is 6. The van der Waals surface area contributed by atoms with Crippen LogP contribution in [-0.2, 0) is 14.3 Å². The number of methoxy groups -OCH3 is 1. The lowest BCUT2D eigenvalue weighted by Gasteiger charge is -2.25. The van der Waals surface area contributed by atoms with E-state index in [1.165, 1.54) is 24.1 Å². The standard InChI is InChI=1S/C25H29NO6/c1-15(2)32-12-6-11-26-22(17-7-5-8-18(27)14-17)21(24(29)25(26)30)23(28)19-13-16(3)9-10-20(19)31-4/h5,7-10,13-15,22,27-28H,6,11-12H2,1-4H3/b23-21+. The molecule has 170 valence electrons. The van der Waals surface area contributed by atoms with Crippen LogP contribution in [0.2, 0.25) is 0 Å². The van der Waals surface area contributed by atoms with Crippen LogP contribution in [0.4, 0.5) is 0 Å². The van der Waals surface area contributed by atoms with E-state index >= 15 is 0 Å². The quantitative estimate of drug-likeness (QED) is 0.280. The normalized spacial score (nSPS) is 17.9. The molecule has 0 aliphatic carbocycles. The van der Waals surface area contributed by atoms with E-state index < -0.39 is 17.7 Å². The second kappa shape index (κ2) is 9.87. The highest BCUT2D eigenvalue weighted by molar-refractivity contribution is 6.46. The molecule has 1 heterocycles. The summed E-state index contributed by atoms with van der Waals surface area (Å²) in [4.78, 5) is 27.5. The molecule has 0 aromatic heterocycles. The molecule has 1 amide bonds. The predicted molar refractivity (Wildman–Crippen MR) is 121 cm³/mol. The first-order valence-corrected chi connectivity index (χ1v) is 10.6. The second-order valence-electron chi connectivity index (χ2n) is 8.06. The Morgan fingerprint density at radius 2 is 1.91 bits per heavy atom. The molecule has 2 aromatic carbocycles. The molecule has 1 unspecified atom stereocenters. The molecule has 1 aliphatic heterocycles. The number of likely N-dealkylation sites (tertiary alicyclic amines) is 1. The Bertz CT molecular complexity index is 1040. The molecule has 3 rings (SSSR count). The van der Waals surface area contributed by atoms with Gasteiger partial charge in [-0.25, -0.2) is 0 Å². The summed E-state index contributed by atoms with van der Waals surface area (Å²) in [5, 5.41) is 21.2. The Balaban J connectivity index is 2.11. The maximum absolute atomic E-state index is 13.1. The molecular formula is C25H29NO6. The first kappa shape index (κ1) is 23.3. The number of phenolic OH excluding ortho intramolecular Hbond substituents is 1. The number of Topliss-reactive ketones (excluding diaryl/α,β-unsaturated/α-hetero) is 1. The highest BCUT2D eigenvalue weighted by atomic mass is 16.5. The summed E-state index contributed by atoms with van der Waals surface area (Å²) in [5.74, 6) is -1.39. The molecule has 1 atom stereocenters. The van der Waals surface area contributed by atoms with Crippen LogP contribution in [0, 0.1) is 6.92 Å². The molecule has 7 heteroatoms. The zero-order valence-electron chi connectivity index (χ0n) is 18.8. The first-order chi connectivity index (χ1) is 15.2. The Hall–Kier alpha value is -3.32. The molecule has 2 aromatic rings. The number of amides is 1. The summed E-state index contributed by atoms with van der Waals surface area (Å²) in [6.45, 7) is 6.40. The van der Waals surface area contributed by atoms with Crippen molar-refractivity contribution in [3.63, 3.8) is 0 Å².